The third-order valence-electron chi connectivity index (χ3n) is 4.71. The predicted molar refractivity (Wildman–Crippen MR) is 110 cm³/mol. The number of aromatic nitrogens is 2. The zero-order valence-corrected chi connectivity index (χ0v) is 16.6. The maximum Gasteiger partial charge on any atom is 0.331 e. The molecule has 2 aromatic carbocycles. The molecule has 0 fully saturated rings. The first-order valence-electron chi connectivity index (χ1n) is 9.20. The van der Waals surface area contributed by atoms with Gasteiger partial charge in [-0.1, -0.05) is 24.3 Å². The van der Waals surface area contributed by atoms with Gasteiger partial charge in [-0.25, -0.2) is 4.79 Å². The van der Waals surface area contributed by atoms with Crippen molar-refractivity contribution in [3.05, 3.63) is 68.9 Å². The fraction of sp³-hybridized carbons (Fsp3) is 0.286. The van der Waals surface area contributed by atoms with Crippen molar-refractivity contribution in [1.82, 2.24) is 14.5 Å². The number of para-hydroxylation sites is 2. The number of carbonyl (C=O) groups excluding carboxylic acids is 1. The van der Waals surface area contributed by atoms with E-state index in [0.717, 1.165) is 10.1 Å². The lowest BCUT2D eigenvalue weighted by molar-refractivity contribution is -0.121. The van der Waals surface area contributed by atoms with Crippen molar-refractivity contribution in [2.24, 2.45) is 0 Å². The Hall–Kier alpha value is -3.55. The molecular formula is C21H23N3O5. The van der Waals surface area contributed by atoms with Gasteiger partial charge in [0.2, 0.25) is 5.91 Å². The molecule has 29 heavy (non-hydrogen) atoms. The lowest BCUT2D eigenvalue weighted by atomic mass is 10.2. The van der Waals surface area contributed by atoms with E-state index in [0.29, 0.717) is 22.4 Å². The minimum Gasteiger partial charge on any atom is -0.493 e. The zero-order valence-electron chi connectivity index (χ0n) is 16.6. The summed E-state index contributed by atoms with van der Waals surface area (Å²) in [5, 5.41) is 3.20. The molecule has 1 aromatic heterocycles. The summed E-state index contributed by atoms with van der Waals surface area (Å²) in [6.45, 7) is 1.95. The van der Waals surface area contributed by atoms with Crippen LogP contribution in [0, 0.1) is 0 Å². The summed E-state index contributed by atoms with van der Waals surface area (Å²) < 4.78 is 13.1. The normalized spacial score (nSPS) is 10.7. The number of rotatable bonds is 7. The average molecular weight is 397 g/mol. The van der Waals surface area contributed by atoms with E-state index in [2.05, 4.69) is 5.32 Å². The second-order valence-corrected chi connectivity index (χ2v) is 6.36. The number of nitrogens with zero attached hydrogens (tertiary/aromatic N) is 2. The van der Waals surface area contributed by atoms with Crippen LogP contribution in [0.3, 0.4) is 0 Å². The van der Waals surface area contributed by atoms with Gasteiger partial charge in [-0.3, -0.25) is 18.7 Å². The Labute approximate surface area is 167 Å². The van der Waals surface area contributed by atoms with E-state index < -0.39 is 5.69 Å². The van der Waals surface area contributed by atoms with Crippen LogP contribution in [0.1, 0.15) is 12.5 Å². The molecule has 1 heterocycles. The molecule has 0 spiro atoms. The van der Waals surface area contributed by atoms with E-state index in [1.807, 2.05) is 6.07 Å². The van der Waals surface area contributed by atoms with Crippen molar-refractivity contribution in [2.75, 3.05) is 14.2 Å². The highest BCUT2D eigenvalue weighted by Crippen LogP contribution is 2.30. The van der Waals surface area contributed by atoms with E-state index in [9.17, 15) is 14.4 Å². The standard InChI is InChI=1S/C21H23N3O5/c1-4-23-20(26)15-9-5-6-10-16(15)24(21(23)27)13-18(25)22-12-14-8-7-11-17(28-2)19(14)29-3/h5-11H,4,12-13H2,1-3H3,(H,22,25). The van der Waals surface area contributed by atoms with Crippen LogP contribution in [0.5, 0.6) is 11.5 Å². The van der Waals surface area contributed by atoms with Gasteiger partial charge in [-0.05, 0) is 25.1 Å². The number of hydrogen-bond donors (Lipinski definition) is 1. The van der Waals surface area contributed by atoms with Gasteiger partial charge < -0.3 is 14.8 Å². The molecule has 0 radical (unpaired) electrons. The van der Waals surface area contributed by atoms with Gasteiger partial charge >= 0.3 is 5.69 Å². The lowest BCUT2D eigenvalue weighted by Crippen LogP contribution is -2.42. The number of methoxy groups -OCH3 is 2. The highest BCUT2D eigenvalue weighted by molar-refractivity contribution is 5.81. The van der Waals surface area contributed by atoms with Gasteiger partial charge in [0.1, 0.15) is 6.54 Å². The van der Waals surface area contributed by atoms with Crippen molar-refractivity contribution in [1.29, 1.82) is 0 Å². The molecule has 1 N–H and O–H groups in total. The van der Waals surface area contributed by atoms with Crippen LogP contribution in [-0.2, 0) is 24.4 Å². The van der Waals surface area contributed by atoms with Crippen molar-refractivity contribution < 1.29 is 14.3 Å². The molecule has 8 nitrogen and oxygen atoms in total. The van der Waals surface area contributed by atoms with E-state index in [-0.39, 0.29) is 31.1 Å². The number of benzene rings is 2. The first-order chi connectivity index (χ1) is 14.0. The summed E-state index contributed by atoms with van der Waals surface area (Å²) >= 11 is 0. The summed E-state index contributed by atoms with van der Waals surface area (Å²) in [5.74, 6) is 0.748. The second kappa shape index (κ2) is 8.64. The van der Waals surface area contributed by atoms with Gasteiger partial charge in [-0.2, -0.15) is 0 Å². The minimum atomic E-state index is -0.509. The lowest BCUT2D eigenvalue weighted by Gasteiger charge is -2.15. The van der Waals surface area contributed by atoms with Gasteiger partial charge in [0.25, 0.3) is 5.56 Å². The predicted octanol–water partition coefficient (Wildman–Crippen LogP) is 1.52. The topological polar surface area (TPSA) is 91.6 Å². The maximum absolute atomic E-state index is 12.7. The smallest absolute Gasteiger partial charge is 0.331 e. The Kier molecular flexibility index (Phi) is 6.01. The number of fused-ring (bicyclic) bond motifs is 1. The molecule has 0 saturated heterocycles. The van der Waals surface area contributed by atoms with E-state index in [4.69, 9.17) is 9.47 Å². The monoisotopic (exact) mass is 397 g/mol. The molecule has 152 valence electrons. The van der Waals surface area contributed by atoms with Crippen molar-refractivity contribution in [2.45, 2.75) is 26.6 Å². The van der Waals surface area contributed by atoms with Crippen LogP contribution < -0.4 is 26.0 Å². The third kappa shape index (κ3) is 3.87. The van der Waals surface area contributed by atoms with E-state index in [1.165, 1.54) is 11.7 Å². The number of nitrogens with one attached hydrogen (secondary N) is 1. The Balaban J connectivity index is 1.88. The fourth-order valence-corrected chi connectivity index (χ4v) is 3.29. The van der Waals surface area contributed by atoms with Gasteiger partial charge in [-0.15, -0.1) is 0 Å². The number of amides is 1. The van der Waals surface area contributed by atoms with Crippen LogP contribution in [-0.4, -0.2) is 29.3 Å². The SMILES string of the molecule is CCn1c(=O)c2ccccc2n(CC(=O)NCc2cccc(OC)c2OC)c1=O. The largest absolute Gasteiger partial charge is 0.493 e. The van der Waals surface area contributed by atoms with Crippen molar-refractivity contribution in [3.8, 4) is 11.5 Å². The van der Waals surface area contributed by atoms with Crippen LogP contribution >= 0.6 is 0 Å². The zero-order chi connectivity index (χ0) is 21.0. The van der Waals surface area contributed by atoms with E-state index >= 15 is 0 Å². The summed E-state index contributed by atoms with van der Waals surface area (Å²) in [6, 6.07) is 12.2. The first-order valence-corrected chi connectivity index (χ1v) is 9.20. The maximum atomic E-state index is 12.7. The van der Waals surface area contributed by atoms with Crippen molar-refractivity contribution in [3.63, 3.8) is 0 Å². The Morgan fingerprint density at radius 3 is 2.45 bits per heavy atom. The summed E-state index contributed by atoms with van der Waals surface area (Å²) in [6.07, 6.45) is 0. The summed E-state index contributed by atoms with van der Waals surface area (Å²) in [4.78, 5) is 37.8. The Bertz CT molecular complexity index is 1160. The van der Waals surface area contributed by atoms with Crippen LogP contribution in [0.25, 0.3) is 10.9 Å². The molecule has 0 saturated carbocycles. The first kappa shape index (κ1) is 20.2. The molecule has 3 rings (SSSR count). The summed E-state index contributed by atoms with van der Waals surface area (Å²) in [7, 11) is 3.07. The second-order valence-electron chi connectivity index (χ2n) is 6.36. The molecular weight excluding hydrogens is 374 g/mol. The molecule has 1 amide bonds. The van der Waals surface area contributed by atoms with Crippen LogP contribution in [0.15, 0.2) is 52.1 Å². The molecule has 8 heteroatoms. The molecule has 0 atom stereocenters. The molecule has 0 aliphatic rings. The molecule has 0 unspecified atom stereocenters. The fourth-order valence-electron chi connectivity index (χ4n) is 3.29. The molecule has 0 bridgehead atoms. The van der Waals surface area contributed by atoms with Gasteiger partial charge in [0.05, 0.1) is 25.1 Å². The highest BCUT2D eigenvalue weighted by Gasteiger charge is 2.15. The van der Waals surface area contributed by atoms with Crippen LogP contribution in [0.2, 0.25) is 0 Å². The van der Waals surface area contributed by atoms with Crippen LogP contribution in [0.4, 0.5) is 0 Å². The van der Waals surface area contributed by atoms with Crippen molar-refractivity contribution >= 4 is 16.8 Å². The Morgan fingerprint density at radius 1 is 1.00 bits per heavy atom. The van der Waals surface area contributed by atoms with Gasteiger partial charge in [0.15, 0.2) is 11.5 Å². The third-order valence-corrected chi connectivity index (χ3v) is 4.71. The number of hydrogen-bond acceptors (Lipinski definition) is 5. The quantitative estimate of drug-likeness (QED) is 0.653. The average Bonchev–Trinajstić information content (AvgIpc) is 2.75. The summed E-state index contributed by atoms with van der Waals surface area (Å²) in [5.41, 5.74) is 0.313. The van der Waals surface area contributed by atoms with Gasteiger partial charge in [0, 0.05) is 18.7 Å². The number of carbonyl (C=O) groups is 1. The minimum absolute atomic E-state index is 0.202. The molecule has 3 aromatic rings. The van der Waals surface area contributed by atoms with E-state index in [1.54, 1.807) is 50.4 Å². The number of ether oxygens (including phenoxy) is 2. The highest BCUT2D eigenvalue weighted by atomic mass is 16.5. The molecule has 0 aliphatic carbocycles. The Morgan fingerprint density at radius 2 is 1.76 bits per heavy atom. The molecule has 0 aliphatic heterocycles.